The molecule has 1 aromatic heterocycles. The Bertz CT molecular complexity index is 942. The standard InChI is InChI=1S/C21H19BrN2O3/c1-14-20(11-8-17(23-14)13-26-2)21(25)24-16-6-9-18(10-7-16)27-19-5-3-4-15(22)12-19/h3-12H,13H2,1-2H3,(H,24,25). The van der Waals surface area contributed by atoms with Crippen LogP contribution in [0.25, 0.3) is 0 Å². The van der Waals surface area contributed by atoms with Crippen molar-refractivity contribution in [1.82, 2.24) is 4.98 Å². The fourth-order valence-electron chi connectivity index (χ4n) is 2.55. The maximum atomic E-state index is 12.5. The average Bonchev–Trinajstić information content (AvgIpc) is 2.64. The minimum atomic E-state index is -0.204. The molecule has 1 N–H and O–H groups in total. The molecule has 1 amide bonds. The number of aryl methyl sites for hydroxylation is 1. The van der Waals surface area contributed by atoms with Crippen LogP contribution in [0, 0.1) is 6.92 Å². The number of pyridine rings is 1. The van der Waals surface area contributed by atoms with E-state index in [1.54, 1.807) is 31.4 Å². The number of carbonyl (C=O) groups is 1. The highest BCUT2D eigenvalue weighted by Crippen LogP contribution is 2.25. The maximum Gasteiger partial charge on any atom is 0.257 e. The number of halogens is 1. The fraction of sp³-hybridized carbons (Fsp3) is 0.143. The number of anilines is 1. The molecule has 0 fully saturated rings. The average molecular weight is 427 g/mol. The molecule has 6 heteroatoms. The first-order chi connectivity index (χ1) is 13.0. The molecule has 27 heavy (non-hydrogen) atoms. The van der Waals surface area contributed by atoms with Crippen molar-refractivity contribution < 1.29 is 14.3 Å². The summed E-state index contributed by atoms with van der Waals surface area (Å²) in [6.45, 7) is 2.23. The summed E-state index contributed by atoms with van der Waals surface area (Å²) < 4.78 is 11.8. The summed E-state index contributed by atoms with van der Waals surface area (Å²) >= 11 is 3.42. The smallest absolute Gasteiger partial charge is 0.257 e. The molecule has 5 nitrogen and oxygen atoms in total. The van der Waals surface area contributed by atoms with E-state index in [-0.39, 0.29) is 5.91 Å². The van der Waals surface area contributed by atoms with Crippen molar-refractivity contribution in [1.29, 1.82) is 0 Å². The van der Waals surface area contributed by atoms with Crippen LogP contribution in [0.15, 0.2) is 65.1 Å². The van der Waals surface area contributed by atoms with Crippen molar-refractivity contribution in [2.24, 2.45) is 0 Å². The molecular weight excluding hydrogens is 408 g/mol. The number of ether oxygens (including phenoxy) is 2. The molecule has 2 aromatic carbocycles. The van der Waals surface area contributed by atoms with Gasteiger partial charge in [0.25, 0.3) is 5.91 Å². The van der Waals surface area contributed by atoms with Crippen LogP contribution >= 0.6 is 15.9 Å². The van der Waals surface area contributed by atoms with Gasteiger partial charge in [0, 0.05) is 17.3 Å². The van der Waals surface area contributed by atoms with E-state index in [0.29, 0.717) is 29.3 Å². The lowest BCUT2D eigenvalue weighted by Gasteiger charge is -2.10. The van der Waals surface area contributed by atoms with E-state index in [1.165, 1.54) is 0 Å². The quantitative estimate of drug-likeness (QED) is 0.577. The fourth-order valence-corrected chi connectivity index (χ4v) is 2.93. The predicted octanol–water partition coefficient (Wildman–Crippen LogP) is 5.34. The number of nitrogens with zero attached hydrogens (tertiary/aromatic N) is 1. The Kier molecular flexibility index (Phi) is 6.21. The van der Waals surface area contributed by atoms with Crippen molar-refractivity contribution in [3.05, 3.63) is 82.1 Å². The summed E-state index contributed by atoms with van der Waals surface area (Å²) in [6, 6.07) is 18.4. The summed E-state index contributed by atoms with van der Waals surface area (Å²) in [5.74, 6) is 1.22. The van der Waals surface area contributed by atoms with Crippen LogP contribution in [0.3, 0.4) is 0 Å². The minimum Gasteiger partial charge on any atom is -0.457 e. The first kappa shape index (κ1) is 19.1. The Hall–Kier alpha value is -2.70. The van der Waals surface area contributed by atoms with Gasteiger partial charge in [-0.2, -0.15) is 0 Å². The Balaban J connectivity index is 1.66. The number of amides is 1. The van der Waals surface area contributed by atoms with Crippen molar-refractivity contribution in [2.45, 2.75) is 13.5 Å². The molecular formula is C21H19BrN2O3. The van der Waals surface area contributed by atoms with Gasteiger partial charge in [-0.25, -0.2) is 0 Å². The van der Waals surface area contributed by atoms with Crippen LogP contribution in [-0.4, -0.2) is 18.0 Å². The van der Waals surface area contributed by atoms with Crippen molar-refractivity contribution in [3.8, 4) is 11.5 Å². The first-order valence-corrected chi connectivity index (χ1v) is 9.15. The second kappa shape index (κ2) is 8.79. The molecule has 0 aliphatic carbocycles. The van der Waals surface area contributed by atoms with Gasteiger partial charge in [-0.15, -0.1) is 0 Å². The van der Waals surface area contributed by atoms with E-state index in [2.05, 4.69) is 26.2 Å². The zero-order chi connectivity index (χ0) is 19.2. The number of nitrogens with one attached hydrogen (secondary N) is 1. The summed E-state index contributed by atoms with van der Waals surface area (Å²) in [7, 11) is 1.61. The van der Waals surface area contributed by atoms with Crippen molar-refractivity contribution in [3.63, 3.8) is 0 Å². The van der Waals surface area contributed by atoms with Gasteiger partial charge in [-0.1, -0.05) is 22.0 Å². The molecule has 0 saturated carbocycles. The third kappa shape index (κ3) is 5.15. The van der Waals surface area contributed by atoms with Crippen LogP contribution in [0.4, 0.5) is 5.69 Å². The summed E-state index contributed by atoms with van der Waals surface area (Å²) in [5.41, 5.74) is 2.67. The van der Waals surface area contributed by atoms with Gasteiger partial charge in [0.2, 0.25) is 0 Å². The molecule has 1 heterocycles. The number of aromatic nitrogens is 1. The van der Waals surface area contributed by atoms with Gasteiger partial charge in [0.05, 0.1) is 23.6 Å². The lowest BCUT2D eigenvalue weighted by molar-refractivity contribution is 0.102. The molecule has 0 aliphatic heterocycles. The Morgan fingerprint density at radius 2 is 1.85 bits per heavy atom. The molecule has 0 spiro atoms. The van der Waals surface area contributed by atoms with E-state index in [1.807, 2.05) is 43.3 Å². The minimum absolute atomic E-state index is 0.204. The Morgan fingerprint density at radius 1 is 1.07 bits per heavy atom. The number of hydrogen-bond donors (Lipinski definition) is 1. The van der Waals surface area contributed by atoms with E-state index < -0.39 is 0 Å². The van der Waals surface area contributed by atoms with E-state index in [0.717, 1.165) is 15.9 Å². The predicted molar refractivity (Wildman–Crippen MR) is 108 cm³/mol. The van der Waals surface area contributed by atoms with Gasteiger partial charge < -0.3 is 14.8 Å². The van der Waals surface area contributed by atoms with Crippen molar-refractivity contribution in [2.75, 3.05) is 12.4 Å². The van der Waals surface area contributed by atoms with Crippen LogP contribution in [0.2, 0.25) is 0 Å². The Morgan fingerprint density at radius 3 is 2.52 bits per heavy atom. The highest BCUT2D eigenvalue weighted by atomic mass is 79.9. The van der Waals surface area contributed by atoms with E-state index in [4.69, 9.17) is 9.47 Å². The molecule has 0 saturated heterocycles. The van der Waals surface area contributed by atoms with Gasteiger partial charge in [0.1, 0.15) is 11.5 Å². The van der Waals surface area contributed by atoms with Crippen LogP contribution in [0.1, 0.15) is 21.7 Å². The lowest BCUT2D eigenvalue weighted by Crippen LogP contribution is -2.14. The summed E-state index contributed by atoms with van der Waals surface area (Å²) in [5, 5.41) is 2.88. The number of methoxy groups -OCH3 is 1. The van der Waals surface area contributed by atoms with Gasteiger partial charge in [-0.3, -0.25) is 9.78 Å². The topological polar surface area (TPSA) is 60.5 Å². The largest absolute Gasteiger partial charge is 0.457 e. The third-order valence-corrected chi connectivity index (χ3v) is 4.32. The normalized spacial score (nSPS) is 10.5. The highest BCUT2D eigenvalue weighted by molar-refractivity contribution is 9.10. The third-order valence-electron chi connectivity index (χ3n) is 3.82. The second-order valence-electron chi connectivity index (χ2n) is 5.91. The van der Waals surface area contributed by atoms with Crippen LogP contribution in [-0.2, 0) is 11.3 Å². The van der Waals surface area contributed by atoms with Gasteiger partial charge >= 0.3 is 0 Å². The number of hydrogen-bond acceptors (Lipinski definition) is 4. The van der Waals surface area contributed by atoms with E-state index in [9.17, 15) is 4.79 Å². The van der Waals surface area contributed by atoms with Gasteiger partial charge in [-0.05, 0) is 61.5 Å². The zero-order valence-corrected chi connectivity index (χ0v) is 16.6. The SMILES string of the molecule is COCc1ccc(C(=O)Nc2ccc(Oc3cccc(Br)c3)cc2)c(C)n1. The highest BCUT2D eigenvalue weighted by Gasteiger charge is 2.11. The molecule has 0 radical (unpaired) electrons. The van der Waals surface area contributed by atoms with Crippen LogP contribution < -0.4 is 10.1 Å². The molecule has 0 aliphatic rings. The molecule has 3 rings (SSSR count). The molecule has 3 aromatic rings. The maximum absolute atomic E-state index is 12.5. The molecule has 0 unspecified atom stereocenters. The van der Waals surface area contributed by atoms with E-state index >= 15 is 0 Å². The zero-order valence-electron chi connectivity index (χ0n) is 15.0. The monoisotopic (exact) mass is 426 g/mol. The molecule has 0 bridgehead atoms. The Labute approximate surface area is 166 Å². The number of carbonyl (C=O) groups excluding carboxylic acids is 1. The second-order valence-corrected chi connectivity index (χ2v) is 6.82. The molecule has 138 valence electrons. The van der Waals surface area contributed by atoms with Gasteiger partial charge in [0.15, 0.2) is 0 Å². The number of rotatable bonds is 6. The molecule has 0 atom stereocenters. The lowest BCUT2D eigenvalue weighted by atomic mass is 10.1. The first-order valence-electron chi connectivity index (χ1n) is 8.35. The number of benzene rings is 2. The van der Waals surface area contributed by atoms with Crippen LogP contribution in [0.5, 0.6) is 11.5 Å². The summed E-state index contributed by atoms with van der Waals surface area (Å²) in [4.78, 5) is 16.9. The summed E-state index contributed by atoms with van der Waals surface area (Å²) in [6.07, 6.45) is 0. The van der Waals surface area contributed by atoms with Crippen molar-refractivity contribution >= 4 is 27.5 Å².